The van der Waals surface area contributed by atoms with Gasteiger partial charge in [-0.2, -0.15) is 0 Å². The van der Waals surface area contributed by atoms with Crippen LogP contribution in [0.5, 0.6) is 0 Å². The van der Waals surface area contributed by atoms with Gasteiger partial charge in [0.2, 0.25) is 0 Å². The van der Waals surface area contributed by atoms with Gasteiger partial charge >= 0.3 is 0 Å². The molecule has 108 valence electrons. The Morgan fingerprint density at radius 3 is 2.80 bits per heavy atom. The number of nitrogens with zero attached hydrogens (tertiary/aromatic N) is 2. The third-order valence-electron chi connectivity index (χ3n) is 4.44. The van der Waals surface area contributed by atoms with E-state index >= 15 is 0 Å². The van der Waals surface area contributed by atoms with E-state index in [1.165, 1.54) is 42.1 Å². The topological polar surface area (TPSA) is 42.2 Å². The molecule has 1 aromatic heterocycles. The molecule has 0 aliphatic carbocycles. The van der Waals surface area contributed by atoms with Gasteiger partial charge in [-0.3, -0.25) is 4.90 Å². The molecule has 1 aromatic carbocycles. The Kier molecular flexibility index (Phi) is 4.34. The zero-order valence-corrected chi connectivity index (χ0v) is 12.9. The van der Waals surface area contributed by atoms with Crippen molar-refractivity contribution in [2.24, 2.45) is 11.7 Å². The molecule has 1 aliphatic heterocycles. The van der Waals surface area contributed by atoms with Crippen molar-refractivity contribution in [3.8, 4) is 0 Å². The minimum absolute atomic E-state index is 0.436. The fraction of sp³-hybridized carbons (Fsp3) is 0.562. The van der Waals surface area contributed by atoms with Crippen molar-refractivity contribution in [2.75, 3.05) is 19.6 Å². The van der Waals surface area contributed by atoms with Crippen molar-refractivity contribution < 1.29 is 0 Å². The van der Waals surface area contributed by atoms with Crippen LogP contribution in [0, 0.1) is 5.92 Å². The van der Waals surface area contributed by atoms with E-state index in [0.717, 1.165) is 18.0 Å². The lowest BCUT2D eigenvalue weighted by Crippen LogP contribution is -2.36. The molecule has 1 saturated heterocycles. The molecule has 2 heterocycles. The first-order valence-corrected chi connectivity index (χ1v) is 8.39. The van der Waals surface area contributed by atoms with Crippen molar-refractivity contribution in [2.45, 2.75) is 32.2 Å². The van der Waals surface area contributed by atoms with E-state index in [1.54, 1.807) is 0 Å². The summed E-state index contributed by atoms with van der Waals surface area (Å²) < 4.78 is 1.30. The number of piperidine rings is 1. The average Bonchev–Trinajstić information content (AvgIpc) is 2.91. The summed E-state index contributed by atoms with van der Waals surface area (Å²) in [6, 6.07) is 8.86. The van der Waals surface area contributed by atoms with Gasteiger partial charge in [0.15, 0.2) is 0 Å². The molecular formula is C16H23N3S. The number of hydrogen-bond donors (Lipinski definition) is 1. The molecule has 3 rings (SSSR count). The first-order valence-electron chi connectivity index (χ1n) is 7.57. The van der Waals surface area contributed by atoms with Crippen LogP contribution >= 0.6 is 11.3 Å². The summed E-state index contributed by atoms with van der Waals surface area (Å²) in [7, 11) is 0. The van der Waals surface area contributed by atoms with E-state index in [9.17, 15) is 0 Å². The van der Waals surface area contributed by atoms with Crippen molar-refractivity contribution in [3.05, 3.63) is 29.3 Å². The van der Waals surface area contributed by atoms with Crippen LogP contribution in [0.1, 0.15) is 37.2 Å². The Morgan fingerprint density at radius 2 is 2.10 bits per heavy atom. The molecule has 4 heteroatoms. The SMILES string of the molecule is CC(c1nc2ccccc2s1)N1CCC(CCN)CC1. The summed E-state index contributed by atoms with van der Waals surface area (Å²) in [6.07, 6.45) is 3.75. The molecule has 1 aliphatic rings. The minimum atomic E-state index is 0.436. The Bertz CT molecular complexity index is 525. The number of para-hydroxylation sites is 1. The fourth-order valence-electron chi connectivity index (χ4n) is 3.09. The predicted octanol–water partition coefficient (Wildman–Crippen LogP) is 3.42. The molecule has 1 unspecified atom stereocenters. The summed E-state index contributed by atoms with van der Waals surface area (Å²) >= 11 is 1.84. The lowest BCUT2D eigenvalue weighted by atomic mass is 9.93. The summed E-state index contributed by atoms with van der Waals surface area (Å²) in [4.78, 5) is 7.37. The summed E-state index contributed by atoms with van der Waals surface area (Å²) in [5, 5.41) is 1.25. The van der Waals surface area contributed by atoms with Gasteiger partial charge in [0.05, 0.1) is 16.3 Å². The third-order valence-corrected chi connectivity index (χ3v) is 5.65. The Hall–Kier alpha value is -0.970. The fourth-order valence-corrected chi connectivity index (χ4v) is 4.14. The van der Waals surface area contributed by atoms with Gasteiger partial charge in [0.1, 0.15) is 5.01 Å². The molecule has 20 heavy (non-hydrogen) atoms. The second-order valence-corrected chi connectivity index (χ2v) is 6.81. The quantitative estimate of drug-likeness (QED) is 0.938. The zero-order chi connectivity index (χ0) is 13.9. The van der Waals surface area contributed by atoms with E-state index in [1.807, 2.05) is 11.3 Å². The van der Waals surface area contributed by atoms with Crippen LogP contribution in [-0.2, 0) is 0 Å². The molecular weight excluding hydrogens is 266 g/mol. The number of benzene rings is 1. The number of thiazole rings is 1. The molecule has 2 N–H and O–H groups in total. The van der Waals surface area contributed by atoms with Gasteiger partial charge in [-0.25, -0.2) is 4.98 Å². The van der Waals surface area contributed by atoms with Crippen LogP contribution in [-0.4, -0.2) is 29.5 Å². The monoisotopic (exact) mass is 289 g/mol. The van der Waals surface area contributed by atoms with Crippen molar-refractivity contribution in [3.63, 3.8) is 0 Å². The van der Waals surface area contributed by atoms with Crippen molar-refractivity contribution >= 4 is 21.6 Å². The smallest absolute Gasteiger partial charge is 0.111 e. The van der Waals surface area contributed by atoms with Gasteiger partial charge in [0, 0.05) is 0 Å². The lowest BCUT2D eigenvalue weighted by molar-refractivity contribution is 0.138. The van der Waals surface area contributed by atoms with Crippen LogP contribution < -0.4 is 5.73 Å². The number of likely N-dealkylation sites (tertiary alicyclic amines) is 1. The Balaban J connectivity index is 1.68. The number of hydrogen-bond acceptors (Lipinski definition) is 4. The van der Waals surface area contributed by atoms with E-state index in [4.69, 9.17) is 10.7 Å². The number of fused-ring (bicyclic) bond motifs is 1. The molecule has 1 atom stereocenters. The lowest BCUT2D eigenvalue weighted by Gasteiger charge is -2.35. The van der Waals surface area contributed by atoms with Crippen molar-refractivity contribution in [1.82, 2.24) is 9.88 Å². The van der Waals surface area contributed by atoms with Crippen LogP contribution in [0.25, 0.3) is 10.2 Å². The largest absolute Gasteiger partial charge is 0.330 e. The van der Waals surface area contributed by atoms with Crippen LogP contribution in [0.2, 0.25) is 0 Å². The minimum Gasteiger partial charge on any atom is -0.330 e. The van der Waals surface area contributed by atoms with E-state index in [-0.39, 0.29) is 0 Å². The van der Waals surface area contributed by atoms with Gasteiger partial charge in [-0.05, 0) is 63.9 Å². The molecule has 0 bridgehead atoms. The highest BCUT2D eigenvalue weighted by atomic mass is 32.1. The summed E-state index contributed by atoms with van der Waals surface area (Å²) in [5.41, 5.74) is 6.80. The van der Waals surface area contributed by atoms with E-state index in [0.29, 0.717) is 6.04 Å². The van der Waals surface area contributed by atoms with Gasteiger partial charge in [0.25, 0.3) is 0 Å². The maximum absolute atomic E-state index is 5.67. The summed E-state index contributed by atoms with van der Waals surface area (Å²) in [6.45, 7) is 5.49. The highest BCUT2D eigenvalue weighted by Crippen LogP contribution is 2.32. The highest BCUT2D eigenvalue weighted by Gasteiger charge is 2.24. The van der Waals surface area contributed by atoms with E-state index in [2.05, 4.69) is 36.1 Å². The first kappa shape index (κ1) is 14.0. The molecule has 0 spiro atoms. The third kappa shape index (κ3) is 2.87. The van der Waals surface area contributed by atoms with Gasteiger partial charge in [-0.1, -0.05) is 12.1 Å². The predicted molar refractivity (Wildman–Crippen MR) is 86.0 cm³/mol. The molecule has 0 amide bonds. The van der Waals surface area contributed by atoms with Gasteiger partial charge in [-0.15, -0.1) is 11.3 Å². The molecule has 0 radical (unpaired) electrons. The number of nitrogens with two attached hydrogens (primary N) is 1. The highest BCUT2D eigenvalue weighted by molar-refractivity contribution is 7.18. The zero-order valence-electron chi connectivity index (χ0n) is 12.1. The second kappa shape index (κ2) is 6.20. The summed E-state index contributed by atoms with van der Waals surface area (Å²) in [5.74, 6) is 0.832. The van der Waals surface area contributed by atoms with Crippen LogP contribution in [0.15, 0.2) is 24.3 Å². The Labute approximate surface area is 124 Å². The molecule has 2 aromatic rings. The maximum atomic E-state index is 5.67. The maximum Gasteiger partial charge on any atom is 0.111 e. The van der Waals surface area contributed by atoms with Crippen molar-refractivity contribution in [1.29, 1.82) is 0 Å². The number of aromatic nitrogens is 1. The molecule has 1 fully saturated rings. The van der Waals surface area contributed by atoms with Crippen LogP contribution in [0.3, 0.4) is 0 Å². The van der Waals surface area contributed by atoms with Gasteiger partial charge < -0.3 is 5.73 Å². The normalized spacial score (nSPS) is 19.5. The molecule has 3 nitrogen and oxygen atoms in total. The number of rotatable bonds is 4. The van der Waals surface area contributed by atoms with E-state index < -0.39 is 0 Å². The average molecular weight is 289 g/mol. The first-order chi connectivity index (χ1) is 9.78. The molecule has 0 saturated carbocycles. The van der Waals surface area contributed by atoms with Crippen LogP contribution in [0.4, 0.5) is 0 Å². The Morgan fingerprint density at radius 1 is 1.35 bits per heavy atom. The second-order valence-electron chi connectivity index (χ2n) is 5.75. The standard InChI is InChI=1S/C16H23N3S/c1-12(19-10-7-13(6-9-17)8-11-19)16-18-14-4-2-3-5-15(14)20-16/h2-5,12-13H,6-11,17H2,1H3.